The number of hydrogen-bond acceptors (Lipinski definition) is 11. The Balaban J connectivity index is 1.25. The summed E-state index contributed by atoms with van der Waals surface area (Å²) in [7, 11) is 3.36. The molecule has 3 heterocycles. The van der Waals surface area contributed by atoms with Crippen LogP contribution in [0.15, 0.2) is 78.9 Å². The molecule has 19 nitrogen and oxygen atoms in total. The van der Waals surface area contributed by atoms with Gasteiger partial charge in [0, 0.05) is 51.4 Å². The molecular formula is C57H83N11O8. The first-order valence-corrected chi connectivity index (χ1v) is 26.7. The minimum absolute atomic E-state index is 0.112. The lowest BCUT2D eigenvalue weighted by Gasteiger charge is -2.37. The molecule has 2 aliphatic heterocycles. The Bertz CT molecular complexity index is 2300. The quantitative estimate of drug-likeness (QED) is 0.0764. The van der Waals surface area contributed by atoms with Crippen molar-refractivity contribution in [3.05, 3.63) is 101 Å². The lowest BCUT2D eigenvalue weighted by atomic mass is 9.85. The lowest BCUT2D eigenvalue weighted by Crippen LogP contribution is -2.59. The Morgan fingerprint density at radius 3 is 1.28 bits per heavy atom. The summed E-state index contributed by atoms with van der Waals surface area (Å²) in [5.74, 6) is -3.13. The fourth-order valence-electron chi connectivity index (χ4n) is 9.42. The molecule has 2 saturated heterocycles. The predicted molar refractivity (Wildman–Crippen MR) is 292 cm³/mol. The standard InChI is InChI=1S/C57H83N11O8/c1-38(58-9)50(71)63-48(56(3,4)5)54(75)67-30-18-24-42(67)36-65(32-28-40-20-13-11-14-21-40)46(69)34-60-52(73)44-26-17-27-45(62-44)53(74)61-35-47(70)66(33-29-41-22-15-12-16-23-41)37-43-25-19-31-68(43)55(76)49(57(6,7)8)64-51(72)39(2)59-10/h11-17,20-23,26-27,38-39,42-43,48-49,58-59H,18-19,24-25,28-37H2,1-10H3,(H,60,73)(H,61,74)(H,63,71)(H,64,72)/t38-,39-,42-,43-,48+,49+/m0/s1. The Morgan fingerprint density at radius 2 is 0.934 bits per heavy atom. The smallest absolute Gasteiger partial charge is 0.270 e. The van der Waals surface area contributed by atoms with E-state index in [1.165, 1.54) is 18.2 Å². The summed E-state index contributed by atoms with van der Waals surface area (Å²) in [5.41, 5.74) is 0.608. The van der Waals surface area contributed by atoms with Gasteiger partial charge >= 0.3 is 0 Å². The Labute approximate surface area is 449 Å². The number of carbonyl (C=O) groups excluding carboxylic acids is 8. The van der Waals surface area contributed by atoms with Crippen LogP contribution in [0, 0.1) is 10.8 Å². The fourth-order valence-corrected chi connectivity index (χ4v) is 9.42. The minimum Gasteiger partial charge on any atom is -0.342 e. The van der Waals surface area contributed by atoms with Gasteiger partial charge in [-0.3, -0.25) is 38.4 Å². The van der Waals surface area contributed by atoms with Gasteiger partial charge < -0.3 is 51.5 Å². The van der Waals surface area contributed by atoms with Crippen LogP contribution in [0.4, 0.5) is 0 Å². The number of hydrogen-bond donors (Lipinski definition) is 6. The van der Waals surface area contributed by atoms with Gasteiger partial charge in [-0.1, -0.05) is 108 Å². The number of likely N-dealkylation sites (N-methyl/N-ethyl adjacent to an activating group) is 2. The van der Waals surface area contributed by atoms with E-state index < -0.39 is 46.8 Å². The van der Waals surface area contributed by atoms with Crippen molar-refractivity contribution >= 4 is 47.3 Å². The second-order valence-electron chi connectivity index (χ2n) is 22.2. The van der Waals surface area contributed by atoms with Crippen molar-refractivity contribution in [1.82, 2.24) is 56.5 Å². The predicted octanol–water partition coefficient (Wildman–Crippen LogP) is 2.94. The van der Waals surface area contributed by atoms with E-state index in [2.05, 4.69) is 36.9 Å². The SMILES string of the molecule is CN[C@@H](C)C(=O)N[C@H](C(=O)N1CCC[C@H]1CN(CCc1ccccc1)C(=O)CNC(=O)c1cccc(C(=O)NCC(=O)N(CCc2ccccc2)C[C@@H]2CCCN2C(=O)[C@@H](NC(=O)[C@H](C)NC)C(C)(C)C)n1)C(C)(C)C. The molecule has 76 heavy (non-hydrogen) atoms. The molecular weight excluding hydrogens is 967 g/mol. The van der Waals surface area contributed by atoms with E-state index in [4.69, 9.17) is 0 Å². The highest BCUT2D eigenvalue weighted by Gasteiger charge is 2.42. The van der Waals surface area contributed by atoms with E-state index >= 15 is 0 Å². The number of aromatic nitrogens is 1. The zero-order chi connectivity index (χ0) is 55.7. The third kappa shape index (κ3) is 17.1. The molecule has 2 aliphatic rings. The first kappa shape index (κ1) is 60.1. The molecule has 8 amide bonds. The largest absolute Gasteiger partial charge is 0.342 e. The molecule has 0 bridgehead atoms. The highest BCUT2D eigenvalue weighted by atomic mass is 16.2. The second kappa shape index (κ2) is 27.9. The number of nitrogens with one attached hydrogen (secondary N) is 6. The van der Waals surface area contributed by atoms with E-state index in [0.29, 0.717) is 51.9 Å². The van der Waals surface area contributed by atoms with Crippen LogP contribution in [0.1, 0.15) is 113 Å². The summed E-state index contributed by atoms with van der Waals surface area (Å²) >= 11 is 0. The first-order valence-electron chi connectivity index (χ1n) is 26.7. The summed E-state index contributed by atoms with van der Waals surface area (Å²) < 4.78 is 0. The van der Waals surface area contributed by atoms with Gasteiger partial charge in [-0.2, -0.15) is 0 Å². The molecule has 0 spiro atoms. The van der Waals surface area contributed by atoms with E-state index in [-0.39, 0.29) is 85.1 Å². The van der Waals surface area contributed by atoms with Gasteiger partial charge in [0.25, 0.3) is 11.8 Å². The van der Waals surface area contributed by atoms with Gasteiger partial charge in [-0.25, -0.2) is 4.98 Å². The number of carbonyl (C=O) groups is 8. The van der Waals surface area contributed by atoms with E-state index in [1.807, 2.05) is 102 Å². The van der Waals surface area contributed by atoms with Gasteiger partial charge in [0.05, 0.1) is 25.2 Å². The zero-order valence-corrected chi connectivity index (χ0v) is 46.4. The zero-order valence-electron chi connectivity index (χ0n) is 46.4. The van der Waals surface area contributed by atoms with Crippen molar-refractivity contribution < 1.29 is 38.4 Å². The third-order valence-corrected chi connectivity index (χ3v) is 14.4. The molecule has 6 atom stereocenters. The van der Waals surface area contributed by atoms with Crippen LogP contribution in [0.3, 0.4) is 0 Å². The van der Waals surface area contributed by atoms with Crippen molar-refractivity contribution in [2.75, 3.05) is 66.5 Å². The maximum atomic E-state index is 14.2. The van der Waals surface area contributed by atoms with Gasteiger partial charge in [-0.05, 0) is 101 Å². The van der Waals surface area contributed by atoms with Crippen LogP contribution in [-0.4, -0.2) is 175 Å². The maximum absolute atomic E-state index is 14.2. The normalized spacial score (nSPS) is 17.2. The Morgan fingerprint density at radius 1 is 0.566 bits per heavy atom. The molecule has 2 aromatic carbocycles. The number of likely N-dealkylation sites (tertiary alicyclic amines) is 2. The van der Waals surface area contributed by atoms with Gasteiger partial charge in [0.15, 0.2) is 0 Å². The van der Waals surface area contributed by atoms with E-state index in [0.717, 1.165) is 24.0 Å². The van der Waals surface area contributed by atoms with Crippen LogP contribution in [0.5, 0.6) is 0 Å². The van der Waals surface area contributed by atoms with Crippen molar-refractivity contribution in [3.8, 4) is 0 Å². The summed E-state index contributed by atoms with van der Waals surface area (Å²) in [5, 5.41) is 17.1. The van der Waals surface area contributed by atoms with Gasteiger partial charge in [0.1, 0.15) is 23.5 Å². The van der Waals surface area contributed by atoms with Crippen LogP contribution >= 0.6 is 0 Å². The first-order chi connectivity index (χ1) is 36.0. The fraction of sp³-hybridized carbons (Fsp3) is 0.561. The van der Waals surface area contributed by atoms with Crippen LogP contribution < -0.4 is 31.9 Å². The average molecular weight is 1050 g/mol. The van der Waals surface area contributed by atoms with Crippen molar-refractivity contribution in [2.24, 2.45) is 10.8 Å². The molecule has 5 rings (SSSR count). The van der Waals surface area contributed by atoms with Crippen molar-refractivity contribution in [3.63, 3.8) is 0 Å². The second-order valence-corrected chi connectivity index (χ2v) is 22.2. The van der Waals surface area contributed by atoms with Crippen molar-refractivity contribution in [1.29, 1.82) is 0 Å². The van der Waals surface area contributed by atoms with Crippen LogP contribution in [0.2, 0.25) is 0 Å². The molecule has 3 aromatic rings. The molecule has 0 aliphatic carbocycles. The van der Waals surface area contributed by atoms with E-state index in [1.54, 1.807) is 47.5 Å². The lowest BCUT2D eigenvalue weighted by molar-refractivity contribution is -0.142. The molecule has 19 heteroatoms. The number of nitrogens with zero attached hydrogens (tertiary/aromatic N) is 5. The van der Waals surface area contributed by atoms with Gasteiger partial charge in [0.2, 0.25) is 35.4 Å². The molecule has 0 radical (unpaired) electrons. The summed E-state index contributed by atoms with van der Waals surface area (Å²) in [6, 6.07) is 20.5. The number of pyridine rings is 1. The number of benzene rings is 2. The minimum atomic E-state index is -0.802. The average Bonchev–Trinajstić information content (AvgIpc) is 4.09. The third-order valence-electron chi connectivity index (χ3n) is 14.4. The topological polar surface area (TPSA) is 235 Å². The highest BCUT2D eigenvalue weighted by molar-refractivity contribution is 5.98. The molecule has 2 fully saturated rings. The molecule has 414 valence electrons. The van der Waals surface area contributed by atoms with Crippen molar-refractivity contribution in [2.45, 2.75) is 130 Å². The number of rotatable bonds is 24. The van der Waals surface area contributed by atoms with Gasteiger partial charge in [-0.15, -0.1) is 0 Å². The molecule has 6 N–H and O–H groups in total. The van der Waals surface area contributed by atoms with E-state index in [9.17, 15) is 38.4 Å². The summed E-state index contributed by atoms with van der Waals surface area (Å²) in [6.07, 6.45) is 3.81. The summed E-state index contributed by atoms with van der Waals surface area (Å²) in [6.45, 7) is 16.1. The molecule has 0 saturated carbocycles. The van der Waals surface area contributed by atoms with Crippen LogP contribution in [0.25, 0.3) is 0 Å². The Kier molecular flexibility index (Phi) is 22.1. The highest BCUT2D eigenvalue weighted by Crippen LogP contribution is 2.28. The summed E-state index contributed by atoms with van der Waals surface area (Å²) in [4.78, 5) is 121. The number of amides is 8. The Hall–Kier alpha value is -6.73. The molecule has 0 unspecified atom stereocenters. The van der Waals surface area contributed by atoms with Crippen LogP contribution in [-0.2, 0) is 41.6 Å². The molecule has 1 aromatic heterocycles. The monoisotopic (exact) mass is 1050 g/mol. The maximum Gasteiger partial charge on any atom is 0.270 e.